The van der Waals surface area contributed by atoms with Crippen LogP contribution in [-0.2, 0) is 12.2 Å². The van der Waals surface area contributed by atoms with Crippen LogP contribution in [0.15, 0.2) is 18.2 Å². The first kappa shape index (κ1) is 10.1. The van der Waals surface area contributed by atoms with Gasteiger partial charge in [0.25, 0.3) is 0 Å². The molecular formula is C10H15FN2. The molecule has 0 spiro atoms. The van der Waals surface area contributed by atoms with Gasteiger partial charge in [-0.1, -0.05) is 6.07 Å². The van der Waals surface area contributed by atoms with Gasteiger partial charge in [-0.2, -0.15) is 0 Å². The van der Waals surface area contributed by atoms with E-state index in [1.165, 1.54) is 13.8 Å². The Balaban J connectivity index is 2.92. The van der Waals surface area contributed by atoms with Crippen LogP contribution in [0.25, 0.3) is 0 Å². The predicted octanol–water partition coefficient (Wildman–Crippen LogP) is 2.01. The molecule has 1 N–H and O–H groups in total. The van der Waals surface area contributed by atoms with Crippen molar-refractivity contribution in [3.63, 3.8) is 0 Å². The number of hydrogen-bond acceptors (Lipinski definition) is 2. The van der Waals surface area contributed by atoms with Gasteiger partial charge >= 0.3 is 0 Å². The maximum atomic E-state index is 13.5. The maximum absolute atomic E-state index is 13.5. The van der Waals surface area contributed by atoms with Gasteiger partial charge in [-0.3, -0.25) is 4.98 Å². The summed E-state index contributed by atoms with van der Waals surface area (Å²) in [6, 6.07) is 5.42. The molecule has 3 heteroatoms. The fourth-order valence-corrected chi connectivity index (χ4v) is 1.09. The molecule has 1 rings (SSSR count). The molecule has 13 heavy (non-hydrogen) atoms. The minimum atomic E-state index is -1.36. The normalized spacial score (nSPS) is 11.7. The van der Waals surface area contributed by atoms with Crippen LogP contribution in [0.5, 0.6) is 0 Å². The van der Waals surface area contributed by atoms with Crippen LogP contribution in [0.4, 0.5) is 4.39 Å². The second kappa shape index (κ2) is 3.83. The van der Waals surface area contributed by atoms with Crippen molar-refractivity contribution in [3.8, 4) is 0 Å². The second-order valence-electron chi connectivity index (χ2n) is 3.52. The molecule has 0 unspecified atom stereocenters. The Labute approximate surface area is 78.2 Å². The topological polar surface area (TPSA) is 24.9 Å². The molecule has 0 saturated heterocycles. The lowest BCUT2D eigenvalue weighted by Gasteiger charge is -2.14. The predicted molar refractivity (Wildman–Crippen MR) is 51.1 cm³/mol. The largest absolute Gasteiger partial charge is 0.314 e. The zero-order valence-electron chi connectivity index (χ0n) is 8.26. The van der Waals surface area contributed by atoms with Crippen LogP contribution in [0.1, 0.15) is 25.2 Å². The van der Waals surface area contributed by atoms with Gasteiger partial charge in [0.2, 0.25) is 0 Å². The summed E-state index contributed by atoms with van der Waals surface area (Å²) in [7, 11) is 1.84. The number of alkyl halides is 1. The van der Waals surface area contributed by atoms with Crippen LogP contribution in [0, 0.1) is 0 Å². The summed E-state index contributed by atoms with van der Waals surface area (Å²) < 4.78 is 13.5. The third-order valence-electron chi connectivity index (χ3n) is 1.77. The number of aromatic nitrogens is 1. The fourth-order valence-electron chi connectivity index (χ4n) is 1.09. The average Bonchev–Trinajstić information content (AvgIpc) is 2.04. The van der Waals surface area contributed by atoms with E-state index in [0.717, 1.165) is 5.69 Å². The summed E-state index contributed by atoms with van der Waals surface area (Å²) in [6.45, 7) is 3.70. The first-order valence-electron chi connectivity index (χ1n) is 4.34. The number of hydrogen-bond donors (Lipinski definition) is 1. The molecule has 1 heterocycles. The summed E-state index contributed by atoms with van der Waals surface area (Å²) >= 11 is 0. The SMILES string of the molecule is CNCc1cccc(C(C)(C)F)n1. The number of rotatable bonds is 3. The highest BCUT2D eigenvalue weighted by atomic mass is 19.1. The minimum Gasteiger partial charge on any atom is -0.314 e. The molecule has 0 amide bonds. The molecule has 1 aromatic heterocycles. The Morgan fingerprint density at radius 3 is 2.69 bits per heavy atom. The fraction of sp³-hybridized carbons (Fsp3) is 0.500. The lowest BCUT2D eigenvalue weighted by atomic mass is 10.1. The van der Waals surface area contributed by atoms with Gasteiger partial charge in [0, 0.05) is 6.54 Å². The van der Waals surface area contributed by atoms with Gasteiger partial charge in [0.15, 0.2) is 0 Å². The van der Waals surface area contributed by atoms with Crippen LogP contribution in [0.3, 0.4) is 0 Å². The second-order valence-corrected chi connectivity index (χ2v) is 3.52. The molecule has 0 aliphatic heterocycles. The molecule has 0 bridgehead atoms. The van der Waals surface area contributed by atoms with Crippen molar-refractivity contribution < 1.29 is 4.39 Å². The Bertz CT molecular complexity index is 278. The van der Waals surface area contributed by atoms with Gasteiger partial charge in [0.1, 0.15) is 5.67 Å². The van der Waals surface area contributed by atoms with Gasteiger partial charge in [-0.25, -0.2) is 4.39 Å². The van der Waals surface area contributed by atoms with E-state index in [1.54, 1.807) is 6.07 Å². The van der Waals surface area contributed by atoms with Crippen LogP contribution in [-0.4, -0.2) is 12.0 Å². The Kier molecular flexibility index (Phi) is 2.98. The lowest BCUT2D eigenvalue weighted by molar-refractivity contribution is 0.214. The smallest absolute Gasteiger partial charge is 0.147 e. The van der Waals surface area contributed by atoms with Crippen molar-refractivity contribution in [1.29, 1.82) is 0 Å². The van der Waals surface area contributed by atoms with E-state index in [-0.39, 0.29) is 0 Å². The number of nitrogens with one attached hydrogen (secondary N) is 1. The highest BCUT2D eigenvalue weighted by Gasteiger charge is 2.20. The molecule has 0 radical (unpaired) electrons. The van der Waals surface area contributed by atoms with Gasteiger partial charge in [-0.05, 0) is 33.0 Å². The highest BCUT2D eigenvalue weighted by Crippen LogP contribution is 2.22. The van der Waals surface area contributed by atoms with E-state index in [2.05, 4.69) is 10.3 Å². The quantitative estimate of drug-likeness (QED) is 0.773. The summed E-state index contributed by atoms with van der Waals surface area (Å²) in [5, 5.41) is 2.98. The summed E-state index contributed by atoms with van der Waals surface area (Å²) in [6.07, 6.45) is 0. The molecule has 0 saturated carbocycles. The van der Waals surface area contributed by atoms with Crippen molar-refractivity contribution in [1.82, 2.24) is 10.3 Å². The molecule has 72 valence electrons. The van der Waals surface area contributed by atoms with Crippen molar-refractivity contribution >= 4 is 0 Å². The zero-order valence-corrected chi connectivity index (χ0v) is 8.26. The Morgan fingerprint density at radius 1 is 1.46 bits per heavy atom. The minimum absolute atomic E-state index is 0.486. The van der Waals surface area contributed by atoms with Crippen molar-refractivity contribution in [3.05, 3.63) is 29.6 Å². The summed E-state index contributed by atoms with van der Waals surface area (Å²) in [5.41, 5.74) is -0.00463. The average molecular weight is 182 g/mol. The molecule has 1 aromatic rings. The van der Waals surface area contributed by atoms with E-state index in [4.69, 9.17) is 0 Å². The van der Waals surface area contributed by atoms with E-state index in [9.17, 15) is 4.39 Å². The highest BCUT2D eigenvalue weighted by molar-refractivity contribution is 5.15. The van der Waals surface area contributed by atoms with Crippen molar-refractivity contribution in [2.45, 2.75) is 26.1 Å². The molecule has 0 aromatic carbocycles. The van der Waals surface area contributed by atoms with Crippen LogP contribution < -0.4 is 5.32 Å². The third kappa shape index (κ3) is 2.77. The first-order chi connectivity index (χ1) is 6.04. The molecule has 0 aliphatic carbocycles. The lowest BCUT2D eigenvalue weighted by Crippen LogP contribution is -2.14. The van der Waals surface area contributed by atoms with E-state index in [1.807, 2.05) is 19.2 Å². The number of nitrogens with zero attached hydrogens (tertiary/aromatic N) is 1. The molecule has 0 aliphatic rings. The Morgan fingerprint density at radius 2 is 2.15 bits per heavy atom. The standard InChI is InChI=1S/C10H15FN2/c1-10(2,11)9-6-4-5-8(13-9)7-12-3/h4-6,12H,7H2,1-3H3. The summed E-state index contributed by atoms with van der Waals surface area (Å²) in [5.74, 6) is 0. The van der Waals surface area contributed by atoms with Crippen LogP contribution in [0.2, 0.25) is 0 Å². The van der Waals surface area contributed by atoms with Crippen LogP contribution >= 0.6 is 0 Å². The Hall–Kier alpha value is -0.960. The van der Waals surface area contributed by atoms with Crippen molar-refractivity contribution in [2.75, 3.05) is 7.05 Å². The number of halogens is 1. The molecule has 0 fully saturated rings. The first-order valence-corrected chi connectivity index (χ1v) is 4.34. The number of pyridine rings is 1. The van der Waals surface area contributed by atoms with E-state index < -0.39 is 5.67 Å². The van der Waals surface area contributed by atoms with Gasteiger partial charge in [-0.15, -0.1) is 0 Å². The molecular weight excluding hydrogens is 167 g/mol. The van der Waals surface area contributed by atoms with Crippen molar-refractivity contribution in [2.24, 2.45) is 0 Å². The maximum Gasteiger partial charge on any atom is 0.147 e. The molecule has 2 nitrogen and oxygen atoms in total. The third-order valence-corrected chi connectivity index (χ3v) is 1.77. The molecule has 0 atom stereocenters. The zero-order chi connectivity index (χ0) is 9.90. The summed E-state index contributed by atoms with van der Waals surface area (Å²) in [4.78, 5) is 4.20. The van der Waals surface area contributed by atoms with Gasteiger partial charge in [0.05, 0.1) is 11.4 Å². The van der Waals surface area contributed by atoms with Gasteiger partial charge < -0.3 is 5.32 Å². The van der Waals surface area contributed by atoms with E-state index in [0.29, 0.717) is 12.2 Å². The monoisotopic (exact) mass is 182 g/mol. The van der Waals surface area contributed by atoms with E-state index >= 15 is 0 Å².